The van der Waals surface area contributed by atoms with Crippen molar-refractivity contribution in [2.45, 2.75) is 84.2 Å². The van der Waals surface area contributed by atoms with E-state index in [1.807, 2.05) is 0 Å². The van der Waals surface area contributed by atoms with Crippen molar-refractivity contribution in [3.05, 3.63) is 35.4 Å². The van der Waals surface area contributed by atoms with E-state index in [2.05, 4.69) is 57.3 Å². The lowest BCUT2D eigenvalue weighted by Gasteiger charge is -2.31. The lowest BCUT2D eigenvalue weighted by atomic mass is 9.83. The Kier molecular flexibility index (Phi) is 6.29. The number of hydrogen-bond donors (Lipinski definition) is 1. The molecule has 1 nitrogen and oxygen atoms in total. The first kappa shape index (κ1) is 16.5. The monoisotopic (exact) mass is 287 g/mol. The number of nitrogens with one attached hydrogen (secondary N) is 1. The maximum Gasteiger partial charge on any atom is 0.0294 e. The molecule has 0 aliphatic heterocycles. The molecule has 21 heavy (non-hydrogen) atoms. The highest BCUT2D eigenvalue weighted by molar-refractivity contribution is 5.26. The van der Waals surface area contributed by atoms with Gasteiger partial charge in [-0.05, 0) is 55.6 Å². The van der Waals surface area contributed by atoms with Crippen molar-refractivity contribution >= 4 is 0 Å². The van der Waals surface area contributed by atoms with E-state index in [9.17, 15) is 0 Å². The zero-order valence-corrected chi connectivity index (χ0v) is 14.4. The van der Waals surface area contributed by atoms with Crippen LogP contribution in [0.1, 0.15) is 89.3 Å². The largest absolute Gasteiger partial charge is 0.307 e. The first-order valence-electron chi connectivity index (χ1n) is 8.96. The molecule has 1 fully saturated rings. The summed E-state index contributed by atoms with van der Waals surface area (Å²) in [6.45, 7) is 9.13. The average molecular weight is 287 g/mol. The van der Waals surface area contributed by atoms with E-state index >= 15 is 0 Å². The predicted octanol–water partition coefficient (Wildman–Crippen LogP) is 5.82. The summed E-state index contributed by atoms with van der Waals surface area (Å²) in [5.41, 5.74) is 2.86. The summed E-state index contributed by atoms with van der Waals surface area (Å²) in [7, 11) is 0. The second-order valence-corrected chi connectivity index (χ2v) is 7.22. The highest BCUT2D eigenvalue weighted by Crippen LogP contribution is 2.29. The van der Waals surface area contributed by atoms with Crippen LogP contribution < -0.4 is 5.32 Å². The van der Waals surface area contributed by atoms with Gasteiger partial charge in [0.1, 0.15) is 0 Å². The Hall–Kier alpha value is -0.820. The Morgan fingerprint density at radius 3 is 2.05 bits per heavy atom. The Balaban J connectivity index is 1.83. The second kappa shape index (κ2) is 7.98. The minimum atomic E-state index is 0.471. The second-order valence-electron chi connectivity index (χ2n) is 7.22. The molecule has 0 radical (unpaired) electrons. The number of rotatable bonds is 6. The molecule has 0 aromatic heterocycles. The molecule has 1 atom stereocenters. The third-order valence-electron chi connectivity index (χ3n) is 5.13. The molecule has 0 bridgehead atoms. The quantitative estimate of drug-likeness (QED) is 0.695. The van der Waals surface area contributed by atoms with Crippen molar-refractivity contribution in [3.8, 4) is 0 Å². The molecule has 118 valence electrons. The highest BCUT2D eigenvalue weighted by Gasteiger charge is 2.21. The van der Waals surface area contributed by atoms with Crippen LogP contribution >= 0.6 is 0 Å². The van der Waals surface area contributed by atoms with Crippen molar-refractivity contribution < 1.29 is 0 Å². The normalized spacial score (nSPS) is 24.2. The van der Waals surface area contributed by atoms with Crippen molar-refractivity contribution in [2.75, 3.05) is 0 Å². The van der Waals surface area contributed by atoms with E-state index in [4.69, 9.17) is 0 Å². The summed E-state index contributed by atoms with van der Waals surface area (Å²) in [5.74, 6) is 1.62. The van der Waals surface area contributed by atoms with Crippen LogP contribution in [0.5, 0.6) is 0 Å². The maximum atomic E-state index is 3.85. The summed E-state index contributed by atoms with van der Waals surface area (Å²) >= 11 is 0. The van der Waals surface area contributed by atoms with E-state index in [1.54, 1.807) is 0 Å². The lowest BCUT2D eigenvalue weighted by Crippen LogP contribution is -2.35. The zero-order chi connectivity index (χ0) is 15.2. The summed E-state index contributed by atoms with van der Waals surface area (Å²) in [6, 6.07) is 10.4. The summed E-state index contributed by atoms with van der Waals surface area (Å²) < 4.78 is 0. The molecular formula is C20H33N. The van der Waals surface area contributed by atoms with E-state index < -0.39 is 0 Å². The van der Waals surface area contributed by atoms with Crippen molar-refractivity contribution in [2.24, 2.45) is 5.92 Å². The number of hydrogen-bond acceptors (Lipinski definition) is 1. The van der Waals surface area contributed by atoms with Crippen molar-refractivity contribution in [1.82, 2.24) is 5.32 Å². The van der Waals surface area contributed by atoms with Gasteiger partial charge in [0.2, 0.25) is 0 Å². The zero-order valence-electron chi connectivity index (χ0n) is 14.4. The van der Waals surface area contributed by atoms with Crippen LogP contribution in [0.25, 0.3) is 0 Å². The SMILES string of the molecule is CCCC1CCC(NC(C)c2ccc(C(C)C)cc2)CC1. The number of benzene rings is 1. The average Bonchev–Trinajstić information content (AvgIpc) is 2.49. The van der Waals surface area contributed by atoms with Crippen molar-refractivity contribution in [3.63, 3.8) is 0 Å². The van der Waals surface area contributed by atoms with Gasteiger partial charge in [-0.25, -0.2) is 0 Å². The standard InChI is InChI=1S/C20H33N/c1-5-6-17-7-13-20(14-8-17)21-16(4)19-11-9-18(10-12-19)15(2)3/h9-12,15-17,20-21H,5-8,13-14H2,1-4H3. The first-order chi connectivity index (χ1) is 10.1. The van der Waals surface area contributed by atoms with E-state index in [-0.39, 0.29) is 0 Å². The van der Waals surface area contributed by atoms with Crippen LogP contribution in [0.4, 0.5) is 0 Å². The predicted molar refractivity (Wildman–Crippen MR) is 92.7 cm³/mol. The van der Waals surface area contributed by atoms with Gasteiger partial charge in [0, 0.05) is 12.1 Å². The van der Waals surface area contributed by atoms with Gasteiger partial charge in [-0.2, -0.15) is 0 Å². The van der Waals surface area contributed by atoms with E-state index in [0.29, 0.717) is 12.0 Å². The van der Waals surface area contributed by atoms with Gasteiger partial charge in [0.25, 0.3) is 0 Å². The van der Waals surface area contributed by atoms with Crippen LogP contribution in [0.3, 0.4) is 0 Å². The van der Waals surface area contributed by atoms with E-state index in [0.717, 1.165) is 12.0 Å². The molecule has 1 heteroatoms. The molecule has 0 amide bonds. The highest BCUT2D eigenvalue weighted by atomic mass is 14.9. The van der Waals surface area contributed by atoms with Crippen molar-refractivity contribution in [1.29, 1.82) is 0 Å². The molecule has 1 aliphatic rings. The summed E-state index contributed by atoms with van der Waals surface area (Å²) in [5, 5.41) is 3.85. The third kappa shape index (κ3) is 4.85. The smallest absolute Gasteiger partial charge is 0.0294 e. The minimum Gasteiger partial charge on any atom is -0.307 e. The molecule has 0 spiro atoms. The Morgan fingerprint density at radius 2 is 1.52 bits per heavy atom. The van der Waals surface area contributed by atoms with Crippen LogP contribution in [0, 0.1) is 5.92 Å². The van der Waals surface area contributed by atoms with Crippen LogP contribution in [0.2, 0.25) is 0 Å². The minimum absolute atomic E-state index is 0.471. The topological polar surface area (TPSA) is 12.0 Å². The van der Waals surface area contributed by atoms with Gasteiger partial charge in [-0.3, -0.25) is 0 Å². The fourth-order valence-corrected chi connectivity index (χ4v) is 3.65. The fraction of sp³-hybridized carbons (Fsp3) is 0.700. The summed E-state index contributed by atoms with van der Waals surface area (Å²) in [6.07, 6.45) is 8.34. The molecule has 1 aliphatic carbocycles. The molecule has 1 N–H and O–H groups in total. The molecule has 0 saturated heterocycles. The van der Waals surface area contributed by atoms with Crippen LogP contribution in [0.15, 0.2) is 24.3 Å². The van der Waals surface area contributed by atoms with E-state index in [1.165, 1.54) is 49.7 Å². The van der Waals surface area contributed by atoms with Gasteiger partial charge in [0.15, 0.2) is 0 Å². The molecule has 1 saturated carbocycles. The Labute approximate surface area is 131 Å². The lowest BCUT2D eigenvalue weighted by molar-refractivity contribution is 0.266. The van der Waals surface area contributed by atoms with Gasteiger partial charge >= 0.3 is 0 Å². The maximum absolute atomic E-state index is 3.85. The van der Waals surface area contributed by atoms with Gasteiger partial charge < -0.3 is 5.32 Å². The molecule has 1 aromatic rings. The third-order valence-corrected chi connectivity index (χ3v) is 5.13. The molecule has 1 unspecified atom stereocenters. The first-order valence-corrected chi connectivity index (χ1v) is 8.96. The van der Waals surface area contributed by atoms with Gasteiger partial charge in [0.05, 0.1) is 0 Å². The molecule has 1 aromatic carbocycles. The molecule has 2 rings (SSSR count). The molecular weight excluding hydrogens is 254 g/mol. The Bertz CT molecular complexity index is 398. The van der Waals surface area contributed by atoms with Gasteiger partial charge in [-0.15, -0.1) is 0 Å². The van der Waals surface area contributed by atoms with Gasteiger partial charge in [-0.1, -0.05) is 57.9 Å². The molecule has 0 heterocycles. The van der Waals surface area contributed by atoms with Crippen LogP contribution in [-0.4, -0.2) is 6.04 Å². The van der Waals surface area contributed by atoms with Crippen LogP contribution in [-0.2, 0) is 0 Å². The summed E-state index contributed by atoms with van der Waals surface area (Å²) in [4.78, 5) is 0. The Morgan fingerprint density at radius 1 is 0.952 bits per heavy atom. The fourth-order valence-electron chi connectivity index (χ4n) is 3.65.